The Kier molecular flexibility index (Phi) is 4.94. The number of nitrogens with one attached hydrogen (secondary N) is 1. The molecule has 7 heteroatoms. The molecule has 1 N–H and O–H groups in total. The Hall–Kier alpha value is -2.54. The Morgan fingerprint density at radius 3 is 2.72 bits per heavy atom. The second-order valence-electron chi connectivity index (χ2n) is 6.25. The van der Waals surface area contributed by atoms with E-state index < -0.39 is 0 Å². The molecule has 3 rings (SSSR count). The van der Waals surface area contributed by atoms with Gasteiger partial charge in [0, 0.05) is 23.4 Å². The first kappa shape index (κ1) is 17.3. The molecule has 0 saturated heterocycles. The lowest BCUT2D eigenvalue weighted by Crippen LogP contribution is -2.16. The van der Waals surface area contributed by atoms with Crippen LogP contribution in [0.4, 0.5) is 10.2 Å². The second kappa shape index (κ2) is 7.14. The van der Waals surface area contributed by atoms with Crippen LogP contribution in [0.25, 0.3) is 16.4 Å². The van der Waals surface area contributed by atoms with Gasteiger partial charge in [-0.05, 0) is 37.1 Å². The van der Waals surface area contributed by atoms with Gasteiger partial charge in [0.2, 0.25) is 11.0 Å². The number of aryl methyl sites for hydroxylation is 1. The summed E-state index contributed by atoms with van der Waals surface area (Å²) in [5, 5.41) is 9.85. The number of halogens is 1. The molecule has 1 amide bonds. The minimum absolute atomic E-state index is 0.0496. The molecule has 0 saturated carbocycles. The second-order valence-corrected chi connectivity index (χ2v) is 7.09. The van der Waals surface area contributed by atoms with E-state index in [-0.39, 0.29) is 17.6 Å². The fraction of sp³-hybridized carbons (Fsp3) is 0.278. The maximum absolute atomic E-state index is 13.1. The number of carbonyl (C=O) groups excluding carboxylic acids is 1. The minimum atomic E-state index is -0.281. The Morgan fingerprint density at radius 1 is 1.32 bits per heavy atom. The first-order chi connectivity index (χ1) is 11.9. The maximum Gasteiger partial charge on any atom is 0.225 e. The third kappa shape index (κ3) is 4.11. The highest BCUT2D eigenvalue weighted by Gasteiger charge is 2.15. The van der Waals surface area contributed by atoms with Crippen molar-refractivity contribution in [1.82, 2.24) is 14.8 Å². The monoisotopic (exact) mass is 358 g/mol. The van der Waals surface area contributed by atoms with Crippen molar-refractivity contribution in [3.63, 3.8) is 0 Å². The van der Waals surface area contributed by atoms with Crippen LogP contribution in [0.15, 0.2) is 35.7 Å². The Labute approximate surface area is 149 Å². The van der Waals surface area contributed by atoms with Crippen molar-refractivity contribution in [3.8, 4) is 16.4 Å². The highest BCUT2D eigenvalue weighted by atomic mass is 32.1. The van der Waals surface area contributed by atoms with Gasteiger partial charge < -0.3 is 5.32 Å². The zero-order chi connectivity index (χ0) is 18.0. The molecule has 0 aliphatic heterocycles. The number of carbonyl (C=O) groups is 1. The molecule has 130 valence electrons. The van der Waals surface area contributed by atoms with Crippen molar-refractivity contribution < 1.29 is 9.18 Å². The van der Waals surface area contributed by atoms with E-state index in [0.717, 1.165) is 17.0 Å². The van der Waals surface area contributed by atoms with E-state index >= 15 is 0 Å². The van der Waals surface area contributed by atoms with E-state index in [9.17, 15) is 9.18 Å². The first-order valence-electron chi connectivity index (χ1n) is 8.00. The molecule has 3 aromatic rings. The molecular weight excluding hydrogens is 339 g/mol. The summed E-state index contributed by atoms with van der Waals surface area (Å²) in [7, 11) is 0. The number of rotatable bonds is 5. The summed E-state index contributed by atoms with van der Waals surface area (Å²) in [5.41, 5.74) is 2.36. The zero-order valence-electron chi connectivity index (χ0n) is 14.3. The van der Waals surface area contributed by atoms with Crippen LogP contribution in [-0.2, 0) is 4.79 Å². The molecule has 25 heavy (non-hydrogen) atoms. The van der Waals surface area contributed by atoms with Crippen molar-refractivity contribution in [2.45, 2.75) is 27.2 Å². The standard InChI is InChI=1S/C18H19FN4OS/c1-11(2)8-17(24)21-16-9-12(3)22-23(16)18-20-15(10-25-18)13-4-6-14(19)7-5-13/h4-7,9-11H,8H2,1-3H3,(H,21,24). The van der Waals surface area contributed by atoms with Crippen LogP contribution in [0, 0.1) is 18.7 Å². The summed E-state index contributed by atoms with van der Waals surface area (Å²) in [6.45, 7) is 5.86. The fourth-order valence-corrected chi connectivity index (χ4v) is 3.21. The number of benzene rings is 1. The fourth-order valence-electron chi connectivity index (χ4n) is 2.41. The van der Waals surface area contributed by atoms with Gasteiger partial charge in [0.25, 0.3) is 0 Å². The quantitative estimate of drug-likeness (QED) is 0.734. The molecule has 0 radical (unpaired) electrons. The van der Waals surface area contributed by atoms with Crippen LogP contribution in [0.2, 0.25) is 0 Å². The summed E-state index contributed by atoms with van der Waals surface area (Å²) in [6.07, 6.45) is 0.447. The molecular formula is C18H19FN4OS. The molecule has 5 nitrogen and oxygen atoms in total. The largest absolute Gasteiger partial charge is 0.310 e. The molecule has 0 bridgehead atoms. The minimum Gasteiger partial charge on any atom is -0.310 e. The lowest BCUT2D eigenvalue weighted by molar-refractivity contribution is -0.116. The third-order valence-electron chi connectivity index (χ3n) is 3.51. The maximum atomic E-state index is 13.1. The molecule has 2 aromatic heterocycles. The van der Waals surface area contributed by atoms with E-state index in [2.05, 4.69) is 15.4 Å². The number of hydrogen-bond donors (Lipinski definition) is 1. The van der Waals surface area contributed by atoms with Crippen molar-refractivity contribution >= 4 is 23.1 Å². The third-order valence-corrected chi connectivity index (χ3v) is 4.32. The molecule has 0 atom stereocenters. The molecule has 0 unspecified atom stereocenters. The number of aromatic nitrogens is 3. The van der Waals surface area contributed by atoms with Crippen LogP contribution >= 0.6 is 11.3 Å². The van der Waals surface area contributed by atoms with Gasteiger partial charge in [-0.2, -0.15) is 9.78 Å². The number of anilines is 1. The van der Waals surface area contributed by atoms with Gasteiger partial charge in [0.05, 0.1) is 11.4 Å². The number of nitrogens with zero attached hydrogens (tertiary/aromatic N) is 3. The summed E-state index contributed by atoms with van der Waals surface area (Å²) in [6, 6.07) is 8.01. The van der Waals surface area contributed by atoms with E-state index in [1.807, 2.05) is 32.2 Å². The lowest BCUT2D eigenvalue weighted by atomic mass is 10.1. The predicted molar refractivity (Wildman–Crippen MR) is 97.5 cm³/mol. The number of hydrogen-bond acceptors (Lipinski definition) is 4. The van der Waals surface area contributed by atoms with Crippen LogP contribution < -0.4 is 5.32 Å². The molecule has 0 aliphatic rings. The average molecular weight is 358 g/mol. The molecule has 2 heterocycles. The van der Waals surface area contributed by atoms with Crippen LogP contribution in [0.3, 0.4) is 0 Å². The normalized spacial score (nSPS) is 11.1. The van der Waals surface area contributed by atoms with Gasteiger partial charge in [0.15, 0.2) is 0 Å². The Bertz CT molecular complexity index is 883. The predicted octanol–water partition coefficient (Wildman–Crippen LogP) is 4.43. The average Bonchev–Trinajstić information content (AvgIpc) is 3.14. The topological polar surface area (TPSA) is 59.8 Å². The van der Waals surface area contributed by atoms with Crippen molar-refractivity contribution in [3.05, 3.63) is 47.2 Å². The summed E-state index contributed by atoms with van der Waals surface area (Å²) >= 11 is 1.41. The van der Waals surface area contributed by atoms with Gasteiger partial charge >= 0.3 is 0 Å². The zero-order valence-corrected chi connectivity index (χ0v) is 15.1. The highest BCUT2D eigenvalue weighted by Crippen LogP contribution is 2.26. The van der Waals surface area contributed by atoms with E-state index in [1.54, 1.807) is 16.8 Å². The smallest absolute Gasteiger partial charge is 0.225 e. The summed E-state index contributed by atoms with van der Waals surface area (Å²) in [4.78, 5) is 16.6. The summed E-state index contributed by atoms with van der Waals surface area (Å²) in [5.74, 6) is 0.550. The van der Waals surface area contributed by atoms with Crippen molar-refractivity contribution in [1.29, 1.82) is 0 Å². The van der Waals surface area contributed by atoms with Crippen molar-refractivity contribution in [2.75, 3.05) is 5.32 Å². The van der Waals surface area contributed by atoms with E-state index in [1.165, 1.54) is 23.5 Å². The molecule has 0 spiro atoms. The molecule has 0 fully saturated rings. The van der Waals surface area contributed by atoms with Gasteiger partial charge in [-0.1, -0.05) is 13.8 Å². The SMILES string of the molecule is Cc1cc(NC(=O)CC(C)C)n(-c2nc(-c3ccc(F)cc3)cs2)n1. The van der Waals surface area contributed by atoms with Gasteiger partial charge in [0.1, 0.15) is 11.6 Å². The molecule has 0 aliphatic carbocycles. The van der Waals surface area contributed by atoms with E-state index in [4.69, 9.17) is 0 Å². The Balaban J connectivity index is 1.87. The van der Waals surface area contributed by atoms with Crippen LogP contribution in [-0.4, -0.2) is 20.7 Å². The highest BCUT2D eigenvalue weighted by molar-refractivity contribution is 7.12. The van der Waals surface area contributed by atoms with Gasteiger partial charge in [-0.15, -0.1) is 11.3 Å². The lowest BCUT2D eigenvalue weighted by Gasteiger charge is -2.08. The summed E-state index contributed by atoms with van der Waals surface area (Å²) < 4.78 is 14.7. The van der Waals surface area contributed by atoms with Crippen LogP contribution in [0.5, 0.6) is 0 Å². The van der Waals surface area contributed by atoms with Crippen molar-refractivity contribution in [2.24, 2.45) is 5.92 Å². The Morgan fingerprint density at radius 2 is 2.04 bits per heavy atom. The van der Waals surface area contributed by atoms with E-state index in [0.29, 0.717) is 17.4 Å². The van der Waals surface area contributed by atoms with Gasteiger partial charge in [-0.25, -0.2) is 9.37 Å². The first-order valence-corrected chi connectivity index (χ1v) is 8.88. The van der Waals surface area contributed by atoms with Gasteiger partial charge in [-0.3, -0.25) is 4.79 Å². The number of amides is 1. The molecule has 1 aromatic carbocycles. The van der Waals surface area contributed by atoms with Crippen LogP contribution in [0.1, 0.15) is 26.0 Å². The number of thiazole rings is 1.